The molecule has 34 heavy (non-hydrogen) atoms. The number of ether oxygens (including phenoxy) is 2. The average Bonchev–Trinajstić information content (AvgIpc) is 2.69. The number of rotatable bonds is 4. The molecule has 0 amide bonds. The largest absolute Gasteiger partial charge is 0.453 e. The normalized spacial score (nSPS) is 12.5. The van der Waals surface area contributed by atoms with E-state index in [4.69, 9.17) is 20.9 Å². The zero-order valence-corrected chi connectivity index (χ0v) is 18.4. The van der Waals surface area contributed by atoms with Crippen molar-refractivity contribution in [3.05, 3.63) is 71.3 Å². The molecular weight excluding hydrogens is 462 g/mol. The minimum Gasteiger partial charge on any atom is -0.453 e. The van der Waals surface area contributed by atoms with Crippen molar-refractivity contribution in [3.8, 4) is 23.0 Å². The zero-order valence-electron chi connectivity index (χ0n) is 18.4. The van der Waals surface area contributed by atoms with Gasteiger partial charge in [0.05, 0.1) is 0 Å². The third-order valence-corrected chi connectivity index (χ3v) is 4.84. The van der Waals surface area contributed by atoms with Gasteiger partial charge in [0.1, 0.15) is 22.6 Å². The molecule has 0 aliphatic heterocycles. The number of nitrogen functional groups attached to an aromatic ring is 2. The summed E-state index contributed by atoms with van der Waals surface area (Å²) < 4.78 is 92.9. The van der Waals surface area contributed by atoms with Crippen molar-refractivity contribution in [3.63, 3.8) is 0 Å². The van der Waals surface area contributed by atoms with Gasteiger partial charge in [-0.15, -0.1) is 0 Å². The summed E-state index contributed by atoms with van der Waals surface area (Å²) in [6.07, 6.45) is -9.57. The van der Waals surface area contributed by atoms with Gasteiger partial charge in [-0.1, -0.05) is 32.9 Å². The van der Waals surface area contributed by atoms with Crippen molar-refractivity contribution in [1.29, 1.82) is 0 Å². The van der Waals surface area contributed by atoms with E-state index < -0.39 is 40.4 Å². The van der Waals surface area contributed by atoms with E-state index in [0.29, 0.717) is 11.6 Å². The van der Waals surface area contributed by atoms with E-state index in [-0.39, 0.29) is 22.9 Å². The van der Waals surface area contributed by atoms with Crippen LogP contribution in [0.1, 0.15) is 37.5 Å². The SMILES string of the molecule is CC(C)(C)c1cccc(Oc2ccc(N)cc2C(F)(F)F)c1Oc1ccc(N)cc1C(F)(F)F. The van der Waals surface area contributed by atoms with E-state index in [1.807, 2.05) is 0 Å². The van der Waals surface area contributed by atoms with Crippen LogP contribution in [0.3, 0.4) is 0 Å². The highest BCUT2D eigenvalue weighted by atomic mass is 19.4. The maximum atomic E-state index is 13.6. The molecule has 4 N–H and O–H groups in total. The molecule has 0 fully saturated rings. The Kier molecular flexibility index (Phi) is 6.38. The molecule has 0 spiro atoms. The van der Waals surface area contributed by atoms with Crippen molar-refractivity contribution in [2.24, 2.45) is 0 Å². The Morgan fingerprint density at radius 3 is 1.50 bits per heavy atom. The highest BCUT2D eigenvalue weighted by Crippen LogP contribution is 2.47. The molecule has 4 nitrogen and oxygen atoms in total. The molecule has 3 aromatic carbocycles. The van der Waals surface area contributed by atoms with E-state index in [9.17, 15) is 26.3 Å². The van der Waals surface area contributed by atoms with E-state index in [1.54, 1.807) is 26.8 Å². The number of para-hydroxylation sites is 1. The van der Waals surface area contributed by atoms with E-state index in [1.165, 1.54) is 24.3 Å². The standard InChI is InChI=1S/C24H22F6N2O2/c1-22(2,3)15-5-4-6-20(33-18-9-7-13(31)11-16(18)23(25,26)27)21(15)34-19-10-8-14(32)12-17(19)24(28,29)30/h4-12H,31-32H2,1-3H3. The lowest BCUT2D eigenvalue weighted by molar-refractivity contribution is -0.139. The fourth-order valence-electron chi connectivity index (χ4n) is 3.24. The van der Waals surface area contributed by atoms with Crippen LogP contribution in [0.2, 0.25) is 0 Å². The highest BCUT2D eigenvalue weighted by Gasteiger charge is 2.37. The number of alkyl halides is 6. The monoisotopic (exact) mass is 484 g/mol. The van der Waals surface area contributed by atoms with Crippen LogP contribution in [-0.4, -0.2) is 0 Å². The lowest BCUT2D eigenvalue weighted by Gasteiger charge is -2.26. The molecule has 10 heteroatoms. The van der Waals surface area contributed by atoms with Crippen LogP contribution in [0.25, 0.3) is 0 Å². The first-order valence-corrected chi connectivity index (χ1v) is 10.00. The van der Waals surface area contributed by atoms with Crippen LogP contribution < -0.4 is 20.9 Å². The van der Waals surface area contributed by atoms with Crippen LogP contribution in [0.15, 0.2) is 54.6 Å². The molecule has 0 saturated carbocycles. The molecule has 0 aliphatic carbocycles. The molecule has 0 atom stereocenters. The molecule has 3 rings (SSSR count). The number of nitrogens with two attached hydrogens (primary N) is 2. The third-order valence-electron chi connectivity index (χ3n) is 4.84. The maximum Gasteiger partial charge on any atom is 0.420 e. The first-order chi connectivity index (χ1) is 15.6. The Bertz CT molecular complexity index is 1200. The van der Waals surface area contributed by atoms with Gasteiger partial charge >= 0.3 is 12.4 Å². The van der Waals surface area contributed by atoms with Crippen molar-refractivity contribution >= 4 is 11.4 Å². The predicted octanol–water partition coefficient (Wildman–Crippen LogP) is 7.77. The molecule has 0 heterocycles. The molecule has 0 bridgehead atoms. The number of hydrogen-bond acceptors (Lipinski definition) is 4. The Labute approximate surface area is 192 Å². The summed E-state index contributed by atoms with van der Waals surface area (Å²) in [6, 6.07) is 10.4. The molecule has 0 aliphatic rings. The van der Waals surface area contributed by atoms with Crippen LogP contribution >= 0.6 is 0 Å². The molecule has 0 aromatic heterocycles. The molecular formula is C24H22F6N2O2. The van der Waals surface area contributed by atoms with Crippen molar-refractivity contribution in [1.82, 2.24) is 0 Å². The van der Waals surface area contributed by atoms with Gasteiger partial charge in [-0.2, -0.15) is 26.3 Å². The van der Waals surface area contributed by atoms with E-state index in [2.05, 4.69) is 0 Å². The van der Waals surface area contributed by atoms with Gasteiger partial charge in [0, 0.05) is 16.9 Å². The Morgan fingerprint density at radius 1 is 0.588 bits per heavy atom. The smallest absolute Gasteiger partial charge is 0.420 e. The van der Waals surface area contributed by atoms with Crippen LogP contribution in [0, 0.1) is 0 Å². The van der Waals surface area contributed by atoms with Crippen LogP contribution in [0.4, 0.5) is 37.7 Å². The minimum atomic E-state index is -4.79. The lowest BCUT2D eigenvalue weighted by atomic mass is 9.86. The van der Waals surface area contributed by atoms with E-state index >= 15 is 0 Å². The fourth-order valence-corrected chi connectivity index (χ4v) is 3.24. The van der Waals surface area contributed by atoms with Gasteiger partial charge in [0.2, 0.25) is 0 Å². The summed E-state index contributed by atoms with van der Waals surface area (Å²) in [5, 5.41) is 0. The lowest BCUT2D eigenvalue weighted by Crippen LogP contribution is -2.14. The number of benzene rings is 3. The van der Waals surface area contributed by atoms with Gasteiger partial charge in [-0.25, -0.2) is 0 Å². The van der Waals surface area contributed by atoms with Gasteiger partial charge in [0.25, 0.3) is 0 Å². The second-order valence-electron chi connectivity index (χ2n) is 8.59. The van der Waals surface area contributed by atoms with Gasteiger partial charge in [-0.05, 0) is 47.9 Å². The second kappa shape index (κ2) is 8.66. The molecule has 0 unspecified atom stereocenters. The predicted molar refractivity (Wildman–Crippen MR) is 117 cm³/mol. The van der Waals surface area contributed by atoms with Crippen molar-refractivity contribution in [2.75, 3.05) is 11.5 Å². The average molecular weight is 484 g/mol. The minimum absolute atomic E-state index is 0.128. The molecule has 0 saturated heterocycles. The summed E-state index contributed by atoms with van der Waals surface area (Å²) in [7, 11) is 0. The van der Waals surface area contributed by atoms with Crippen molar-refractivity contribution < 1.29 is 35.8 Å². The highest BCUT2D eigenvalue weighted by molar-refractivity contribution is 5.57. The fraction of sp³-hybridized carbons (Fsp3) is 0.250. The maximum absolute atomic E-state index is 13.6. The Hall–Kier alpha value is -3.56. The summed E-state index contributed by atoms with van der Waals surface area (Å²) in [5.74, 6) is -1.51. The topological polar surface area (TPSA) is 70.5 Å². The number of halogens is 6. The Balaban J connectivity index is 2.19. The van der Waals surface area contributed by atoms with Crippen LogP contribution in [0.5, 0.6) is 23.0 Å². The quantitative estimate of drug-likeness (QED) is 0.293. The van der Waals surface area contributed by atoms with Crippen molar-refractivity contribution in [2.45, 2.75) is 38.5 Å². The van der Waals surface area contributed by atoms with Gasteiger partial charge < -0.3 is 20.9 Å². The molecule has 182 valence electrons. The molecule has 3 aromatic rings. The van der Waals surface area contributed by atoms with Gasteiger partial charge in [-0.3, -0.25) is 0 Å². The number of hydrogen-bond donors (Lipinski definition) is 2. The molecule has 0 radical (unpaired) electrons. The second-order valence-corrected chi connectivity index (χ2v) is 8.59. The Morgan fingerprint density at radius 2 is 1.06 bits per heavy atom. The third kappa shape index (κ3) is 5.49. The first kappa shape index (κ1) is 25.1. The number of anilines is 2. The summed E-state index contributed by atoms with van der Waals surface area (Å²) in [4.78, 5) is 0. The zero-order chi connectivity index (χ0) is 25.5. The summed E-state index contributed by atoms with van der Waals surface area (Å²) >= 11 is 0. The van der Waals surface area contributed by atoms with Gasteiger partial charge in [0.15, 0.2) is 11.5 Å². The van der Waals surface area contributed by atoms with E-state index in [0.717, 1.165) is 18.2 Å². The summed E-state index contributed by atoms with van der Waals surface area (Å²) in [5.41, 5.74) is 8.26. The van der Waals surface area contributed by atoms with Crippen LogP contribution in [-0.2, 0) is 17.8 Å². The first-order valence-electron chi connectivity index (χ1n) is 10.00. The summed E-state index contributed by atoms with van der Waals surface area (Å²) in [6.45, 7) is 5.32.